The second-order valence-electron chi connectivity index (χ2n) is 4.71. The SMILES string of the molecule is CSCC[C@H](N)C(=O)C(CN1CCOCC1)S(=O)(=O)O. The van der Waals surface area contributed by atoms with Gasteiger partial charge in [0.25, 0.3) is 10.1 Å². The van der Waals surface area contributed by atoms with Crippen LogP contribution in [0.5, 0.6) is 0 Å². The summed E-state index contributed by atoms with van der Waals surface area (Å²) in [6.45, 7) is 2.03. The lowest BCUT2D eigenvalue weighted by atomic mass is 10.1. The topological polar surface area (TPSA) is 110 Å². The van der Waals surface area contributed by atoms with E-state index in [0.717, 1.165) is 0 Å². The van der Waals surface area contributed by atoms with Crippen molar-refractivity contribution in [3.63, 3.8) is 0 Å². The Bertz CT molecular complexity index is 409. The van der Waals surface area contributed by atoms with Crippen LogP contribution in [0.2, 0.25) is 0 Å². The first-order chi connectivity index (χ1) is 9.36. The van der Waals surface area contributed by atoms with Crippen LogP contribution in [0.1, 0.15) is 6.42 Å². The number of Topliss-reactive ketones (excluding diaryl/α,β-unsaturated/α-hetero) is 1. The van der Waals surface area contributed by atoms with Gasteiger partial charge in [0.15, 0.2) is 11.0 Å². The molecule has 9 heteroatoms. The zero-order valence-corrected chi connectivity index (χ0v) is 13.2. The highest BCUT2D eigenvalue weighted by Gasteiger charge is 2.35. The standard InChI is InChI=1S/C11H22N2O5S2/c1-19-7-2-9(12)11(14)10(20(15,16)17)8-13-3-5-18-6-4-13/h9-10H,2-8,12H2,1H3,(H,15,16,17)/t9-,10?/m0/s1. The van der Waals surface area contributed by atoms with E-state index in [9.17, 15) is 17.8 Å². The number of nitrogens with zero attached hydrogens (tertiary/aromatic N) is 1. The normalized spacial score (nSPS) is 20.6. The van der Waals surface area contributed by atoms with Gasteiger partial charge in [0.05, 0.1) is 19.3 Å². The van der Waals surface area contributed by atoms with Crippen molar-refractivity contribution < 1.29 is 22.5 Å². The number of hydrogen-bond acceptors (Lipinski definition) is 7. The van der Waals surface area contributed by atoms with Crippen molar-refractivity contribution in [1.29, 1.82) is 0 Å². The van der Waals surface area contributed by atoms with Crippen molar-refractivity contribution in [2.75, 3.05) is 44.9 Å². The molecule has 0 amide bonds. The number of thioether (sulfide) groups is 1. The molecule has 1 heterocycles. The number of carbonyl (C=O) groups excluding carboxylic acids is 1. The number of ether oxygens (including phenoxy) is 1. The third-order valence-electron chi connectivity index (χ3n) is 3.20. The summed E-state index contributed by atoms with van der Waals surface area (Å²) < 4.78 is 37.3. The third kappa shape index (κ3) is 5.66. The molecule has 0 aromatic rings. The van der Waals surface area contributed by atoms with Gasteiger partial charge in [-0.25, -0.2) is 0 Å². The van der Waals surface area contributed by atoms with Gasteiger partial charge in [-0.05, 0) is 18.4 Å². The molecule has 1 aliphatic rings. The Morgan fingerprint density at radius 3 is 2.55 bits per heavy atom. The fourth-order valence-electron chi connectivity index (χ4n) is 1.98. The van der Waals surface area contributed by atoms with Crippen LogP contribution >= 0.6 is 11.8 Å². The fraction of sp³-hybridized carbons (Fsp3) is 0.909. The monoisotopic (exact) mass is 326 g/mol. The zero-order chi connectivity index (χ0) is 15.2. The molecule has 0 aliphatic carbocycles. The lowest BCUT2D eigenvalue weighted by Gasteiger charge is -2.29. The van der Waals surface area contributed by atoms with Crippen LogP contribution in [0.15, 0.2) is 0 Å². The molecule has 0 saturated carbocycles. The number of rotatable bonds is 8. The molecule has 0 aromatic carbocycles. The molecule has 7 nitrogen and oxygen atoms in total. The summed E-state index contributed by atoms with van der Waals surface area (Å²) in [5, 5.41) is -1.47. The van der Waals surface area contributed by atoms with Crippen LogP contribution in [0.3, 0.4) is 0 Å². The summed E-state index contributed by atoms with van der Waals surface area (Å²) in [6, 6.07) is -0.865. The van der Waals surface area contributed by atoms with Gasteiger partial charge in [-0.2, -0.15) is 20.2 Å². The van der Waals surface area contributed by atoms with Crippen LogP contribution < -0.4 is 5.73 Å². The molecule has 118 valence electrons. The quantitative estimate of drug-likeness (QED) is 0.559. The number of ketones is 1. The highest BCUT2D eigenvalue weighted by atomic mass is 32.2. The molecule has 0 bridgehead atoms. The van der Waals surface area contributed by atoms with Crippen LogP contribution in [-0.2, 0) is 19.6 Å². The molecule has 1 fully saturated rings. The predicted molar refractivity (Wildman–Crippen MR) is 78.6 cm³/mol. The summed E-state index contributed by atoms with van der Waals surface area (Å²) >= 11 is 1.53. The molecule has 1 unspecified atom stereocenters. The number of morpholine rings is 1. The van der Waals surface area contributed by atoms with E-state index in [2.05, 4.69) is 0 Å². The first-order valence-corrected chi connectivity index (χ1v) is 9.30. The largest absolute Gasteiger partial charge is 0.379 e. The summed E-state index contributed by atoms with van der Waals surface area (Å²) in [6.07, 6.45) is 2.28. The molecular formula is C11H22N2O5S2. The highest BCUT2D eigenvalue weighted by Crippen LogP contribution is 2.10. The molecule has 0 spiro atoms. The van der Waals surface area contributed by atoms with E-state index in [-0.39, 0.29) is 6.54 Å². The van der Waals surface area contributed by atoms with Crippen LogP contribution in [0.4, 0.5) is 0 Å². The van der Waals surface area contributed by atoms with Gasteiger partial charge in [-0.15, -0.1) is 0 Å². The Morgan fingerprint density at radius 1 is 1.45 bits per heavy atom. The third-order valence-corrected chi connectivity index (χ3v) is 4.95. The molecule has 2 atom stereocenters. The molecule has 1 aliphatic heterocycles. The minimum Gasteiger partial charge on any atom is -0.379 e. The molecule has 1 saturated heterocycles. The maximum absolute atomic E-state index is 12.1. The second kappa shape index (κ2) is 8.30. The van der Waals surface area contributed by atoms with Crippen LogP contribution in [-0.4, -0.2) is 79.8 Å². The Balaban J connectivity index is 2.70. The Hall–Kier alpha value is -0.190. The van der Waals surface area contributed by atoms with E-state index in [1.807, 2.05) is 6.26 Å². The van der Waals surface area contributed by atoms with Gasteiger partial charge in [-0.3, -0.25) is 14.2 Å². The van der Waals surface area contributed by atoms with Gasteiger partial charge >= 0.3 is 0 Å². The Morgan fingerprint density at radius 2 is 2.05 bits per heavy atom. The van der Waals surface area contributed by atoms with E-state index in [4.69, 9.17) is 10.5 Å². The van der Waals surface area contributed by atoms with Crippen molar-refractivity contribution in [2.24, 2.45) is 5.73 Å². The molecule has 0 aromatic heterocycles. The van der Waals surface area contributed by atoms with E-state index in [0.29, 0.717) is 38.5 Å². The predicted octanol–water partition coefficient (Wildman–Crippen LogP) is -0.775. The van der Waals surface area contributed by atoms with Crippen LogP contribution in [0, 0.1) is 0 Å². The molecule has 20 heavy (non-hydrogen) atoms. The molecule has 0 radical (unpaired) electrons. The van der Waals surface area contributed by atoms with Gasteiger partial charge < -0.3 is 10.5 Å². The lowest BCUT2D eigenvalue weighted by Crippen LogP contribution is -2.50. The van der Waals surface area contributed by atoms with Crippen molar-refractivity contribution in [3.8, 4) is 0 Å². The van der Waals surface area contributed by atoms with E-state index >= 15 is 0 Å². The zero-order valence-electron chi connectivity index (χ0n) is 11.5. The Labute approximate surface area is 124 Å². The van der Waals surface area contributed by atoms with Crippen molar-refractivity contribution >= 4 is 27.7 Å². The smallest absolute Gasteiger partial charge is 0.276 e. The summed E-state index contributed by atoms with van der Waals surface area (Å²) in [5.74, 6) is 0.0517. The van der Waals surface area contributed by atoms with Gasteiger partial charge in [0, 0.05) is 19.6 Å². The van der Waals surface area contributed by atoms with Gasteiger partial charge in [0.1, 0.15) is 0 Å². The van der Waals surface area contributed by atoms with Crippen molar-refractivity contribution in [3.05, 3.63) is 0 Å². The summed E-state index contributed by atoms with van der Waals surface area (Å²) in [5.41, 5.74) is 5.72. The second-order valence-corrected chi connectivity index (χ2v) is 7.29. The first kappa shape index (κ1) is 17.9. The summed E-state index contributed by atoms with van der Waals surface area (Å²) in [7, 11) is -4.45. The minimum absolute atomic E-state index is 0.0337. The Kier molecular flexibility index (Phi) is 7.41. The van der Waals surface area contributed by atoms with Gasteiger partial charge in [-0.1, -0.05) is 0 Å². The summed E-state index contributed by atoms with van der Waals surface area (Å²) in [4.78, 5) is 13.9. The van der Waals surface area contributed by atoms with E-state index in [1.165, 1.54) is 11.8 Å². The first-order valence-electron chi connectivity index (χ1n) is 6.41. The number of nitrogens with two attached hydrogens (primary N) is 1. The van der Waals surface area contributed by atoms with Crippen LogP contribution in [0.25, 0.3) is 0 Å². The molecule has 1 rings (SSSR count). The van der Waals surface area contributed by atoms with Crippen molar-refractivity contribution in [1.82, 2.24) is 4.90 Å². The maximum Gasteiger partial charge on any atom is 0.276 e. The fourth-order valence-corrected chi connectivity index (χ4v) is 3.33. The lowest BCUT2D eigenvalue weighted by molar-refractivity contribution is -0.120. The van der Waals surface area contributed by atoms with E-state index < -0.39 is 27.2 Å². The average molecular weight is 326 g/mol. The van der Waals surface area contributed by atoms with E-state index in [1.54, 1.807) is 4.90 Å². The average Bonchev–Trinajstić information content (AvgIpc) is 2.41. The minimum atomic E-state index is -4.45. The number of carbonyl (C=O) groups is 1. The highest BCUT2D eigenvalue weighted by molar-refractivity contribution is 7.98. The number of hydrogen-bond donors (Lipinski definition) is 2. The maximum atomic E-state index is 12.1. The van der Waals surface area contributed by atoms with Crippen molar-refractivity contribution in [2.45, 2.75) is 17.7 Å². The molecular weight excluding hydrogens is 304 g/mol. The van der Waals surface area contributed by atoms with Gasteiger partial charge in [0.2, 0.25) is 0 Å². The molecule has 3 N–H and O–H groups in total.